The first-order chi connectivity index (χ1) is 10.6. The molecule has 0 fully saturated rings. The van der Waals surface area contributed by atoms with Gasteiger partial charge in [0.1, 0.15) is 11.6 Å². The first kappa shape index (κ1) is 15.8. The topological polar surface area (TPSA) is 50.4 Å². The van der Waals surface area contributed by atoms with Crippen LogP contribution in [-0.2, 0) is 13.1 Å². The first-order valence-corrected chi connectivity index (χ1v) is 6.98. The maximum absolute atomic E-state index is 13.4. The normalized spacial score (nSPS) is 10.1. The number of methoxy groups -OCH3 is 1. The Bertz CT molecular complexity index is 642. The van der Waals surface area contributed by atoms with E-state index in [1.54, 1.807) is 26.2 Å². The Morgan fingerprint density at radius 3 is 2.23 bits per heavy atom. The van der Waals surface area contributed by atoms with Gasteiger partial charge < -0.3 is 15.4 Å². The molecule has 5 heteroatoms. The second-order valence-corrected chi connectivity index (χ2v) is 4.97. The third kappa shape index (κ3) is 4.48. The average Bonchev–Trinajstić information content (AvgIpc) is 2.54. The molecule has 0 spiro atoms. The van der Waals surface area contributed by atoms with E-state index in [4.69, 9.17) is 4.74 Å². The monoisotopic (exact) mass is 302 g/mol. The molecule has 4 nitrogen and oxygen atoms in total. The molecule has 0 unspecified atom stereocenters. The van der Waals surface area contributed by atoms with E-state index in [1.165, 1.54) is 6.07 Å². The van der Waals surface area contributed by atoms with E-state index >= 15 is 0 Å². The van der Waals surface area contributed by atoms with Gasteiger partial charge in [-0.1, -0.05) is 24.3 Å². The van der Waals surface area contributed by atoms with Crippen molar-refractivity contribution >= 4 is 6.03 Å². The predicted molar refractivity (Wildman–Crippen MR) is 83.2 cm³/mol. The maximum Gasteiger partial charge on any atom is 0.315 e. The number of amides is 2. The number of carbonyl (C=O) groups excluding carboxylic acids is 1. The minimum atomic E-state index is -0.295. The highest BCUT2D eigenvalue weighted by Crippen LogP contribution is 2.11. The molecule has 22 heavy (non-hydrogen) atoms. The number of benzene rings is 2. The number of carbonyl (C=O) groups is 1. The molecule has 0 aromatic heterocycles. The van der Waals surface area contributed by atoms with Gasteiger partial charge in [-0.3, -0.25) is 0 Å². The Labute approximate surface area is 129 Å². The van der Waals surface area contributed by atoms with E-state index < -0.39 is 0 Å². The summed E-state index contributed by atoms with van der Waals surface area (Å²) in [4.78, 5) is 11.7. The molecule has 0 saturated carbocycles. The van der Waals surface area contributed by atoms with Crippen molar-refractivity contribution < 1.29 is 13.9 Å². The van der Waals surface area contributed by atoms with E-state index in [9.17, 15) is 9.18 Å². The van der Waals surface area contributed by atoms with Crippen LogP contribution in [0.4, 0.5) is 9.18 Å². The summed E-state index contributed by atoms with van der Waals surface area (Å²) < 4.78 is 18.5. The molecule has 0 radical (unpaired) electrons. The van der Waals surface area contributed by atoms with Gasteiger partial charge in [0, 0.05) is 13.1 Å². The fraction of sp³-hybridized carbons (Fsp3) is 0.235. The van der Waals surface area contributed by atoms with E-state index in [1.807, 2.05) is 24.3 Å². The van der Waals surface area contributed by atoms with Crippen molar-refractivity contribution in [3.05, 3.63) is 65.0 Å². The standard InChI is InChI=1S/C17H19FN2O2/c1-12-3-4-14(9-16(12)18)11-20-17(21)19-10-13-5-7-15(22-2)8-6-13/h3-9H,10-11H2,1-2H3,(H2,19,20,21). The van der Waals surface area contributed by atoms with Gasteiger partial charge in [0.25, 0.3) is 0 Å². The van der Waals surface area contributed by atoms with Crippen LogP contribution in [0.5, 0.6) is 5.75 Å². The molecule has 0 bridgehead atoms. The van der Waals surface area contributed by atoms with Crippen molar-refractivity contribution in [2.24, 2.45) is 0 Å². The zero-order chi connectivity index (χ0) is 15.9. The van der Waals surface area contributed by atoms with Gasteiger partial charge in [-0.25, -0.2) is 9.18 Å². The Kier molecular flexibility index (Phi) is 5.36. The summed E-state index contributed by atoms with van der Waals surface area (Å²) in [6.07, 6.45) is 0. The minimum Gasteiger partial charge on any atom is -0.497 e. The predicted octanol–water partition coefficient (Wildman–Crippen LogP) is 3.14. The molecule has 0 saturated heterocycles. The summed E-state index contributed by atoms with van der Waals surface area (Å²) in [7, 11) is 1.61. The lowest BCUT2D eigenvalue weighted by atomic mass is 10.1. The number of halogens is 1. The van der Waals surface area contributed by atoms with Crippen LogP contribution in [0.25, 0.3) is 0 Å². The summed E-state index contributed by atoms with van der Waals surface area (Å²) in [6, 6.07) is 12.1. The molecule has 0 aliphatic heterocycles. The SMILES string of the molecule is COc1ccc(CNC(=O)NCc2ccc(C)c(F)c2)cc1. The molecule has 0 aliphatic carbocycles. The summed E-state index contributed by atoms with van der Waals surface area (Å²) in [5, 5.41) is 5.45. The second-order valence-electron chi connectivity index (χ2n) is 4.97. The van der Waals surface area contributed by atoms with Crippen molar-refractivity contribution in [1.82, 2.24) is 10.6 Å². The quantitative estimate of drug-likeness (QED) is 0.891. The Morgan fingerprint density at radius 1 is 1.05 bits per heavy atom. The van der Waals surface area contributed by atoms with Gasteiger partial charge >= 0.3 is 6.03 Å². The highest BCUT2D eigenvalue weighted by molar-refractivity contribution is 5.73. The molecule has 0 atom stereocenters. The number of urea groups is 1. The van der Waals surface area contributed by atoms with Crippen LogP contribution in [0, 0.1) is 12.7 Å². The van der Waals surface area contributed by atoms with E-state index in [0.717, 1.165) is 16.9 Å². The second kappa shape index (κ2) is 7.45. The van der Waals surface area contributed by atoms with E-state index in [0.29, 0.717) is 12.1 Å². The van der Waals surface area contributed by atoms with Crippen molar-refractivity contribution in [3.8, 4) is 5.75 Å². The molecule has 2 aromatic carbocycles. The average molecular weight is 302 g/mol. The molecule has 2 rings (SSSR count). The van der Waals surface area contributed by atoms with Crippen molar-refractivity contribution in [3.63, 3.8) is 0 Å². The number of hydrogen-bond donors (Lipinski definition) is 2. The van der Waals surface area contributed by atoms with Gasteiger partial charge in [-0.05, 0) is 41.8 Å². The van der Waals surface area contributed by atoms with Crippen molar-refractivity contribution in [2.75, 3.05) is 7.11 Å². The fourth-order valence-corrected chi connectivity index (χ4v) is 1.92. The summed E-state index contributed by atoms with van der Waals surface area (Å²) in [6.45, 7) is 2.40. The van der Waals surface area contributed by atoms with Crippen LogP contribution >= 0.6 is 0 Å². The summed E-state index contributed by atoms with van der Waals surface area (Å²) >= 11 is 0. The third-order valence-corrected chi connectivity index (χ3v) is 3.30. The summed E-state index contributed by atoms with van der Waals surface area (Å²) in [5.74, 6) is 0.507. The third-order valence-electron chi connectivity index (χ3n) is 3.30. The lowest BCUT2D eigenvalue weighted by Gasteiger charge is -2.09. The van der Waals surface area contributed by atoms with Crippen molar-refractivity contribution in [2.45, 2.75) is 20.0 Å². The van der Waals surface area contributed by atoms with Crippen LogP contribution < -0.4 is 15.4 Å². The maximum atomic E-state index is 13.4. The molecular weight excluding hydrogens is 283 g/mol. The molecule has 2 aromatic rings. The Balaban J connectivity index is 1.78. The zero-order valence-electron chi connectivity index (χ0n) is 12.7. The molecule has 2 amide bonds. The largest absolute Gasteiger partial charge is 0.497 e. The van der Waals surface area contributed by atoms with E-state index in [2.05, 4.69) is 10.6 Å². The zero-order valence-corrected chi connectivity index (χ0v) is 12.7. The number of ether oxygens (including phenoxy) is 1. The number of aryl methyl sites for hydroxylation is 1. The smallest absolute Gasteiger partial charge is 0.315 e. The molecule has 2 N–H and O–H groups in total. The van der Waals surface area contributed by atoms with Gasteiger partial charge in [-0.2, -0.15) is 0 Å². The summed E-state index contributed by atoms with van der Waals surface area (Å²) in [5.41, 5.74) is 2.28. The minimum absolute atomic E-state index is 0.266. The van der Waals surface area contributed by atoms with Gasteiger partial charge in [-0.15, -0.1) is 0 Å². The van der Waals surface area contributed by atoms with E-state index in [-0.39, 0.29) is 18.4 Å². The van der Waals surface area contributed by atoms with Crippen LogP contribution in [0.3, 0.4) is 0 Å². The van der Waals surface area contributed by atoms with Crippen LogP contribution in [0.1, 0.15) is 16.7 Å². The molecular formula is C17H19FN2O2. The van der Waals surface area contributed by atoms with Crippen molar-refractivity contribution in [1.29, 1.82) is 0 Å². The first-order valence-electron chi connectivity index (χ1n) is 6.98. The van der Waals surface area contributed by atoms with Gasteiger partial charge in [0.2, 0.25) is 0 Å². The molecule has 116 valence electrons. The van der Waals surface area contributed by atoms with Crippen LogP contribution in [0.2, 0.25) is 0 Å². The highest BCUT2D eigenvalue weighted by Gasteiger charge is 2.03. The lowest BCUT2D eigenvalue weighted by Crippen LogP contribution is -2.34. The Hall–Kier alpha value is -2.56. The fourth-order valence-electron chi connectivity index (χ4n) is 1.92. The van der Waals surface area contributed by atoms with Gasteiger partial charge in [0.15, 0.2) is 0 Å². The number of rotatable bonds is 5. The highest BCUT2D eigenvalue weighted by atomic mass is 19.1. The molecule has 0 aliphatic rings. The van der Waals surface area contributed by atoms with Crippen LogP contribution in [0.15, 0.2) is 42.5 Å². The van der Waals surface area contributed by atoms with Gasteiger partial charge in [0.05, 0.1) is 7.11 Å². The van der Waals surface area contributed by atoms with Crippen LogP contribution in [-0.4, -0.2) is 13.1 Å². The Morgan fingerprint density at radius 2 is 1.64 bits per heavy atom. The number of nitrogens with one attached hydrogen (secondary N) is 2. The lowest BCUT2D eigenvalue weighted by molar-refractivity contribution is 0.240. The number of hydrogen-bond acceptors (Lipinski definition) is 2. The molecule has 0 heterocycles.